The van der Waals surface area contributed by atoms with Crippen LogP contribution in [0.2, 0.25) is 0 Å². The van der Waals surface area contributed by atoms with E-state index in [-0.39, 0.29) is 35.0 Å². The number of hydroxylamine groups is 2. The third-order valence-electron chi connectivity index (χ3n) is 5.57. The van der Waals surface area contributed by atoms with Gasteiger partial charge < -0.3 is 0 Å². The van der Waals surface area contributed by atoms with E-state index >= 15 is 0 Å². The van der Waals surface area contributed by atoms with Crippen LogP contribution >= 0.6 is 0 Å². The predicted molar refractivity (Wildman–Crippen MR) is 103 cm³/mol. The van der Waals surface area contributed by atoms with Crippen molar-refractivity contribution in [1.82, 2.24) is 9.96 Å². The lowest BCUT2D eigenvalue weighted by atomic mass is 9.78. The van der Waals surface area contributed by atoms with Gasteiger partial charge in [0.2, 0.25) is 0 Å². The number of nitrogens with zero attached hydrogens (tertiary/aromatic N) is 2. The Morgan fingerprint density at radius 2 is 1.42 bits per heavy atom. The van der Waals surface area contributed by atoms with Gasteiger partial charge in [0, 0.05) is 17.1 Å². The molecular formula is C21H34N2O3. The van der Waals surface area contributed by atoms with E-state index in [0.717, 1.165) is 12.8 Å². The zero-order chi connectivity index (χ0) is 19.5. The molecule has 0 aromatic rings. The van der Waals surface area contributed by atoms with Crippen LogP contribution in [0.5, 0.6) is 0 Å². The van der Waals surface area contributed by atoms with E-state index < -0.39 is 0 Å². The lowest BCUT2D eigenvalue weighted by Gasteiger charge is -2.56. The highest BCUT2D eigenvalue weighted by molar-refractivity contribution is 6.05. The summed E-state index contributed by atoms with van der Waals surface area (Å²) in [6, 6.07) is -0.206. The molecule has 5 nitrogen and oxygen atoms in total. The largest absolute Gasteiger partial charge is 0.295 e. The molecule has 0 aromatic heterocycles. The van der Waals surface area contributed by atoms with Crippen LogP contribution < -0.4 is 0 Å². The number of rotatable bonds is 5. The summed E-state index contributed by atoms with van der Waals surface area (Å²) in [7, 11) is 0. The van der Waals surface area contributed by atoms with E-state index in [0.29, 0.717) is 12.8 Å². The Labute approximate surface area is 158 Å². The molecule has 0 atom stereocenters. The molecule has 26 heavy (non-hydrogen) atoms. The van der Waals surface area contributed by atoms with Crippen LogP contribution in [-0.4, -0.2) is 45.0 Å². The molecule has 0 aromatic carbocycles. The van der Waals surface area contributed by atoms with Crippen molar-refractivity contribution >= 4 is 11.8 Å². The second-order valence-electron chi connectivity index (χ2n) is 8.80. The molecule has 1 heterocycles. The lowest BCUT2D eigenvalue weighted by Crippen LogP contribution is -2.65. The van der Waals surface area contributed by atoms with Crippen molar-refractivity contribution < 1.29 is 14.4 Å². The number of carbonyl (C=O) groups is 2. The number of amides is 2. The van der Waals surface area contributed by atoms with Crippen LogP contribution in [0.15, 0.2) is 25.3 Å². The van der Waals surface area contributed by atoms with Gasteiger partial charge in [-0.3, -0.25) is 19.3 Å². The number of imide groups is 1. The van der Waals surface area contributed by atoms with Gasteiger partial charge in [-0.05, 0) is 65.5 Å². The Morgan fingerprint density at radius 1 is 0.962 bits per heavy atom. The molecule has 1 aliphatic heterocycles. The molecule has 2 aliphatic rings. The highest BCUT2D eigenvalue weighted by Crippen LogP contribution is 2.42. The quantitative estimate of drug-likeness (QED) is 0.694. The molecule has 0 bridgehead atoms. The molecule has 1 saturated carbocycles. The van der Waals surface area contributed by atoms with Crippen LogP contribution in [0.25, 0.3) is 0 Å². The molecular weight excluding hydrogens is 328 g/mol. The fourth-order valence-electron chi connectivity index (χ4n) is 4.66. The van der Waals surface area contributed by atoms with Gasteiger partial charge in [-0.25, -0.2) is 0 Å². The van der Waals surface area contributed by atoms with Crippen LogP contribution in [0.1, 0.15) is 72.6 Å². The zero-order valence-corrected chi connectivity index (χ0v) is 16.8. The first-order valence-electron chi connectivity index (χ1n) is 9.71. The average molecular weight is 363 g/mol. The van der Waals surface area contributed by atoms with E-state index in [1.807, 2.05) is 0 Å². The molecule has 2 amide bonds. The fourth-order valence-corrected chi connectivity index (χ4v) is 4.66. The van der Waals surface area contributed by atoms with E-state index in [1.165, 1.54) is 36.3 Å². The second-order valence-corrected chi connectivity index (χ2v) is 8.80. The van der Waals surface area contributed by atoms with Gasteiger partial charge in [-0.2, -0.15) is 5.06 Å². The molecule has 1 aliphatic carbocycles. The summed E-state index contributed by atoms with van der Waals surface area (Å²) in [6.07, 6.45) is 9.90. The summed E-state index contributed by atoms with van der Waals surface area (Å²) in [5.74, 6) is -0.735. The molecule has 2 fully saturated rings. The summed E-state index contributed by atoms with van der Waals surface area (Å²) in [6.45, 7) is 15.6. The summed E-state index contributed by atoms with van der Waals surface area (Å²) < 4.78 is 0. The lowest BCUT2D eigenvalue weighted by molar-refractivity contribution is -0.313. The molecule has 2 rings (SSSR count). The van der Waals surface area contributed by atoms with Crippen molar-refractivity contribution in [2.45, 2.75) is 95.9 Å². The van der Waals surface area contributed by atoms with Gasteiger partial charge in [0.15, 0.2) is 0 Å². The Balaban J connectivity index is 2.23. The van der Waals surface area contributed by atoms with E-state index in [9.17, 15) is 9.59 Å². The summed E-state index contributed by atoms with van der Waals surface area (Å²) in [4.78, 5) is 32.4. The molecule has 5 heteroatoms. The second kappa shape index (κ2) is 8.05. The van der Waals surface area contributed by atoms with Crippen molar-refractivity contribution in [3.05, 3.63) is 25.3 Å². The minimum absolute atomic E-state index is 0.206. The maximum atomic E-state index is 12.3. The Morgan fingerprint density at radius 3 is 1.85 bits per heavy atom. The molecule has 0 N–H and O–H groups in total. The van der Waals surface area contributed by atoms with Gasteiger partial charge in [0.25, 0.3) is 11.8 Å². The van der Waals surface area contributed by atoms with Crippen molar-refractivity contribution in [3.8, 4) is 0 Å². The third kappa shape index (κ3) is 4.44. The van der Waals surface area contributed by atoms with Crippen molar-refractivity contribution in [2.75, 3.05) is 0 Å². The third-order valence-corrected chi connectivity index (χ3v) is 5.57. The monoisotopic (exact) mass is 362 g/mol. The smallest absolute Gasteiger partial charge is 0.253 e. The summed E-state index contributed by atoms with van der Waals surface area (Å²) in [5, 5.41) is 2.13. The van der Waals surface area contributed by atoms with Crippen molar-refractivity contribution in [1.29, 1.82) is 0 Å². The topological polar surface area (TPSA) is 49.9 Å². The van der Waals surface area contributed by atoms with Crippen LogP contribution in [0.3, 0.4) is 0 Å². The van der Waals surface area contributed by atoms with Crippen LogP contribution in [0, 0.1) is 0 Å². The Bertz CT molecular complexity index is 524. The highest BCUT2D eigenvalue weighted by atomic mass is 16.7. The van der Waals surface area contributed by atoms with Crippen molar-refractivity contribution in [2.24, 2.45) is 0 Å². The Kier molecular flexibility index (Phi) is 6.46. The normalized spacial score (nSPS) is 24.0. The molecule has 0 radical (unpaired) electrons. The summed E-state index contributed by atoms with van der Waals surface area (Å²) in [5.41, 5.74) is -0.601. The minimum atomic E-state index is -0.367. The first-order chi connectivity index (χ1) is 12.1. The molecule has 0 unspecified atom stereocenters. The standard InChI is InChI=1S/C21H34N2O3/c1-7-18(24)22(19(25)8-2)16-14-20(3,4)23(21(5,6)15-16)26-17-12-10-9-11-13-17/h7-8,16-17H,1-2,9-15H2,3-6H3. The van der Waals surface area contributed by atoms with Gasteiger partial charge >= 0.3 is 0 Å². The first-order valence-corrected chi connectivity index (χ1v) is 9.71. The number of carbonyl (C=O) groups excluding carboxylic acids is 2. The number of hydrogen-bond donors (Lipinski definition) is 0. The number of hydrogen-bond acceptors (Lipinski definition) is 4. The maximum Gasteiger partial charge on any atom is 0.253 e. The van der Waals surface area contributed by atoms with Gasteiger partial charge in [0.05, 0.1) is 6.10 Å². The molecule has 146 valence electrons. The van der Waals surface area contributed by atoms with Crippen LogP contribution in [0.4, 0.5) is 0 Å². The van der Waals surface area contributed by atoms with Gasteiger partial charge in [-0.1, -0.05) is 32.4 Å². The van der Waals surface area contributed by atoms with Gasteiger partial charge in [-0.15, -0.1) is 0 Å². The zero-order valence-electron chi connectivity index (χ0n) is 16.8. The van der Waals surface area contributed by atoms with Gasteiger partial charge in [0.1, 0.15) is 0 Å². The molecule has 1 saturated heterocycles. The van der Waals surface area contributed by atoms with Crippen molar-refractivity contribution in [3.63, 3.8) is 0 Å². The maximum absolute atomic E-state index is 12.3. The summed E-state index contributed by atoms with van der Waals surface area (Å²) >= 11 is 0. The van der Waals surface area contributed by atoms with E-state index in [4.69, 9.17) is 4.84 Å². The van der Waals surface area contributed by atoms with E-state index in [1.54, 1.807) is 0 Å². The first kappa shape index (κ1) is 20.8. The number of piperidine rings is 1. The van der Waals surface area contributed by atoms with E-state index in [2.05, 4.69) is 45.9 Å². The predicted octanol–water partition coefficient (Wildman–Crippen LogP) is 4.00. The minimum Gasteiger partial charge on any atom is -0.295 e. The van der Waals surface area contributed by atoms with Crippen LogP contribution in [-0.2, 0) is 14.4 Å². The SMILES string of the molecule is C=CC(=O)N(C(=O)C=C)C1CC(C)(C)N(OC2CCCCC2)C(C)(C)C1. The Hall–Kier alpha value is -1.46. The fraction of sp³-hybridized carbons (Fsp3) is 0.714. The highest BCUT2D eigenvalue weighted by Gasteiger charge is 2.50. The average Bonchev–Trinajstić information content (AvgIpc) is 2.58. The molecule has 0 spiro atoms.